The topological polar surface area (TPSA) is 113 Å². The van der Waals surface area contributed by atoms with Gasteiger partial charge >= 0.3 is 0 Å². The Kier molecular flexibility index (Phi) is 4.15. The number of sulfonamides is 1. The third-order valence-electron chi connectivity index (χ3n) is 2.54. The van der Waals surface area contributed by atoms with E-state index in [1.165, 1.54) is 6.07 Å². The lowest BCUT2D eigenvalue weighted by Crippen LogP contribution is -2.27. The Labute approximate surface area is 111 Å². The lowest BCUT2D eigenvalue weighted by atomic mass is 10.3. The number of anilines is 1. The highest BCUT2D eigenvalue weighted by molar-refractivity contribution is 7.89. The van der Waals surface area contributed by atoms with E-state index in [1.54, 1.807) is 30.6 Å². The van der Waals surface area contributed by atoms with E-state index >= 15 is 0 Å². The van der Waals surface area contributed by atoms with Crippen LogP contribution in [0.1, 0.15) is 5.82 Å². The van der Waals surface area contributed by atoms with Crippen molar-refractivity contribution >= 4 is 15.7 Å². The summed E-state index contributed by atoms with van der Waals surface area (Å²) in [5.74, 6) is 6.03. The van der Waals surface area contributed by atoms with Crippen LogP contribution in [0, 0.1) is 0 Å². The van der Waals surface area contributed by atoms with E-state index in [2.05, 4.69) is 20.1 Å². The molecule has 0 atom stereocenters. The minimum Gasteiger partial charge on any atom is -0.349 e. The van der Waals surface area contributed by atoms with Crippen molar-refractivity contribution in [3.8, 4) is 0 Å². The highest BCUT2D eigenvalue weighted by Gasteiger charge is 2.17. The average Bonchev–Trinajstić information content (AvgIpc) is 2.91. The highest BCUT2D eigenvalue weighted by atomic mass is 32.2. The van der Waals surface area contributed by atoms with Gasteiger partial charge in [0.25, 0.3) is 0 Å². The Bertz CT molecular complexity index is 624. The average molecular weight is 281 g/mol. The maximum absolute atomic E-state index is 12.1. The minimum absolute atomic E-state index is 0.122. The van der Waals surface area contributed by atoms with Gasteiger partial charge in [-0.2, -0.15) is 0 Å². The molecule has 0 aliphatic rings. The van der Waals surface area contributed by atoms with Gasteiger partial charge in [0.05, 0.1) is 5.69 Å². The van der Waals surface area contributed by atoms with Crippen LogP contribution in [0.5, 0.6) is 0 Å². The molecule has 0 unspecified atom stereocenters. The van der Waals surface area contributed by atoms with Crippen LogP contribution in [0.4, 0.5) is 5.69 Å². The number of H-pyrrole nitrogens is 1. The summed E-state index contributed by atoms with van der Waals surface area (Å²) in [7, 11) is -3.59. The SMILES string of the molecule is NNc1ccccc1S(=O)(=O)NCCc1ncc[nH]1. The molecule has 8 heteroatoms. The maximum atomic E-state index is 12.1. The fraction of sp³-hybridized carbons (Fsp3) is 0.182. The van der Waals surface area contributed by atoms with Crippen molar-refractivity contribution in [3.63, 3.8) is 0 Å². The van der Waals surface area contributed by atoms with Crippen molar-refractivity contribution in [1.29, 1.82) is 0 Å². The summed E-state index contributed by atoms with van der Waals surface area (Å²) in [6.07, 6.45) is 3.80. The number of nitrogens with one attached hydrogen (secondary N) is 3. The van der Waals surface area contributed by atoms with Crippen LogP contribution in [-0.4, -0.2) is 24.9 Å². The van der Waals surface area contributed by atoms with Gasteiger partial charge in [-0.3, -0.25) is 5.84 Å². The van der Waals surface area contributed by atoms with E-state index in [4.69, 9.17) is 5.84 Å². The number of hydrazine groups is 1. The zero-order valence-electron chi connectivity index (χ0n) is 10.1. The van der Waals surface area contributed by atoms with E-state index in [0.29, 0.717) is 12.1 Å². The molecule has 0 spiro atoms. The number of hydrogen-bond donors (Lipinski definition) is 4. The predicted molar refractivity (Wildman–Crippen MR) is 71.7 cm³/mol. The normalized spacial score (nSPS) is 11.4. The van der Waals surface area contributed by atoms with E-state index in [0.717, 1.165) is 5.82 Å². The number of hydrogen-bond acceptors (Lipinski definition) is 5. The molecule has 7 nitrogen and oxygen atoms in total. The third kappa shape index (κ3) is 3.31. The largest absolute Gasteiger partial charge is 0.349 e. The van der Waals surface area contributed by atoms with Gasteiger partial charge in [0.1, 0.15) is 10.7 Å². The van der Waals surface area contributed by atoms with E-state index in [-0.39, 0.29) is 11.4 Å². The Balaban J connectivity index is 2.05. The second kappa shape index (κ2) is 5.83. The van der Waals surface area contributed by atoms with Crippen molar-refractivity contribution in [2.24, 2.45) is 5.84 Å². The van der Waals surface area contributed by atoms with Crippen LogP contribution in [0.25, 0.3) is 0 Å². The summed E-state index contributed by atoms with van der Waals surface area (Å²) in [6, 6.07) is 6.44. The van der Waals surface area contributed by atoms with Crippen LogP contribution < -0.4 is 16.0 Å². The molecule has 0 aliphatic heterocycles. The quantitative estimate of drug-likeness (QED) is 0.447. The molecule has 1 aromatic carbocycles. The first kappa shape index (κ1) is 13.5. The number of para-hydroxylation sites is 1. The van der Waals surface area contributed by atoms with E-state index < -0.39 is 10.0 Å². The molecule has 1 heterocycles. The van der Waals surface area contributed by atoms with Crippen LogP contribution in [0.3, 0.4) is 0 Å². The molecule has 0 bridgehead atoms. The van der Waals surface area contributed by atoms with Gasteiger partial charge < -0.3 is 10.4 Å². The minimum atomic E-state index is -3.59. The second-order valence-electron chi connectivity index (χ2n) is 3.82. The monoisotopic (exact) mass is 281 g/mol. The standard InChI is InChI=1S/C11H15N5O2S/c12-16-9-3-1-2-4-10(9)19(17,18)15-6-5-11-13-7-8-14-11/h1-4,7-8,15-16H,5-6,12H2,(H,13,14). The van der Waals surface area contributed by atoms with Gasteiger partial charge in [0.15, 0.2) is 0 Å². The molecule has 102 valence electrons. The van der Waals surface area contributed by atoms with Gasteiger partial charge in [0, 0.05) is 25.4 Å². The van der Waals surface area contributed by atoms with Crippen LogP contribution >= 0.6 is 0 Å². The van der Waals surface area contributed by atoms with Crippen LogP contribution in [0.15, 0.2) is 41.6 Å². The number of nitrogens with two attached hydrogens (primary N) is 1. The number of aromatic amines is 1. The van der Waals surface area contributed by atoms with Gasteiger partial charge in [-0.05, 0) is 12.1 Å². The zero-order valence-corrected chi connectivity index (χ0v) is 10.9. The molecular formula is C11H15N5O2S. The molecule has 0 fully saturated rings. The molecule has 19 heavy (non-hydrogen) atoms. The zero-order chi connectivity index (χ0) is 13.7. The van der Waals surface area contributed by atoms with Crippen LogP contribution in [0.2, 0.25) is 0 Å². The fourth-order valence-corrected chi connectivity index (χ4v) is 2.84. The Morgan fingerprint density at radius 2 is 2.11 bits per heavy atom. The lowest BCUT2D eigenvalue weighted by Gasteiger charge is -2.10. The first-order valence-corrected chi connectivity index (χ1v) is 7.15. The van der Waals surface area contributed by atoms with Crippen molar-refractivity contribution in [2.75, 3.05) is 12.0 Å². The molecule has 5 N–H and O–H groups in total. The molecule has 0 amide bonds. The summed E-state index contributed by atoms with van der Waals surface area (Å²) in [5, 5.41) is 0. The molecular weight excluding hydrogens is 266 g/mol. The number of benzene rings is 1. The highest BCUT2D eigenvalue weighted by Crippen LogP contribution is 2.19. The summed E-state index contributed by atoms with van der Waals surface area (Å²) in [5.41, 5.74) is 2.72. The first-order chi connectivity index (χ1) is 9.13. The number of imidazole rings is 1. The smallest absolute Gasteiger partial charge is 0.242 e. The summed E-state index contributed by atoms with van der Waals surface area (Å²) in [4.78, 5) is 7.05. The maximum Gasteiger partial charge on any atom is 0.242 e. The summed E-state index contributed by atoms with van der Waals surface area (Å²) >= 11 is 0. The number of nitrogens with zero attached hydrogens (tertiary/aromatic N) is 1. The lowest BCUT2D eigenvalue weighted by molar-refractivity contribution is 0.581. The van der Waals surface area contributed by atoms with E-state index in [9.17, 15) is 8.42 Å². The summed E-state index contributed by atoms with van der Waals surface area (Å²) < 4.78 is 26.7. The van der Waals surface area contributed by atoms with Crippen molar-refractivity contribution in [3.05, 3.63) is 42.5 Å². The van der Waals surface area contributed by atoms with E-state index in [1.807, 2.05) is 0 Å². The predicted octanol–water partition coefficient (Wildman–Crippen LogP) is 0.216. The molecule has 0 saturated heterocycles. The van der Waals surface area contributed by atoms with Gasteiger partial charge in [-0.1, -0.05) is 12.1 Å². The fourth-order valence-electron chi connectivity index (χ4n) is 1.64. The number of rotatable bonds is 6. The second-order valence-corrected chi connectivity index (χ2v) is 5.56. The molecule has 1 aromatic heterocycles. The first-order valence-electron chi connectivity index (χ1n) is 5.67. The number of nitrogen functional groups attached to an aromatic ring is 1. The number of aromatic nitrogens is 2. The molecule has 2 aromatic rings. The van der Waals surface area contributed by atoms with Crippen molar-refractivity contribution in [2.45, 2.75) is 11.3 Å². The Morgan fingerprint density at radius 3 is 2.79 bits per heavy atom. The van der Waals surface area contributed by atoms with Gasteiger partial charge in [-0.15, -0.1) is 0 Å². The summed E-state index contributed by atoms with van der Waals surface area (Å²) in [6.45, 7) is 0.259. The molecule has 0 radical (unpaired) electrons. The van der Waals surface area contributed by atoms with Crippen molar-refractivity contribution in [1.82, 2.24) is 14.7 Å². The van der Waals surface area contributed by atoms with Gasteiger partial charge in [-0.25, -0.2) is 18.1 Å². The Morgan fingerprint density at radius 1 is 1.32 bits per heavy atom. The van der Waals surface area contributed by atoms with Gasteiger partial charge in [0.2, 0.25) is 10.0 Å². The Hall–Kier alpha value is -1.90. The van der Waals surface area contributed by atoms with Crippen molar-refractivity contribution < 1.29 is 8.42 Å². The third-order valence-corrected chi connectivity index (χ3v) is 4.06. The molecule has 2 rings (SSSR count). The molecule has 0 aliphatic carbocycles. The molecule has 0 saturated carbocycles. The van der Waals surface area contributed by atoms with Crippen LogP contribution in [-0.2, 0) is 16.4 Å².